The first-order valence-electron chi connectivity index (χ1n) is 6.39. The fraction of sp³-hybridized carbons (Fsp3) is 0.571. The van der Waals surface area contributed by atoms with E-state index in [-0.39, 0.29) is 5.54 Å². The Kier molecular flexibility index (Phi) is 2.51. The fourth-order valence-corrected chi connectivity index (χ4v) is 3.10. The number of nitrogens with two attached hydrogens (primary N) is 1. The summed E-state index contributed by atoms with van der Waals surface area (Å²) in [5.74, 6) is 1.74. The van der Waals surface area contributed by atoms with E-state index in [0.29, 0.717) is 6.79 Å². The maximum atomic E-state index is 6.58. The minimum atomic E-state index is -0.163. The molecule has 2 N–H and O–H groups in total. The van der Waals surface area contributed by atoms with E-state index in [1.54, 1.807) is 0 Å². The minimum absolute atomic E-state index is 0.163. The van der Waals surface area contributed by atoms with Gasteiger partial charge in [0.1, 0.15) is 0 Å². The highest BCUT2D eigenvalue weighted by Crippen LogP contribution is 2.43. The Balaban J connectivity index is 2.03. The van der Waals surface area contributed by atoms with Gasteiger partial charge in [-0.05, 0) is 31.4 Å². The number of hydrogen-bond donors (Lipinski definition) is 1. The lowest BCUT2D eigenvalue weighted by atomic mass is 9.76. The number of fused-ring (bicyclic) bond motifs is 1. The third kappa shape index (κ3) is 1.69. The Morgan fingerprint density at radius 2 is 1.88 bits per heavy atom. The molecule has 0 atom stereocenters. The van der Waals surface area contributed by atoms with Crippen molar-refractivity contribution in [2.24, 2.45) is 5.73 Å². The van der Waals surface area contributed by atoms with Crippen molar-refractivity contribution in [2.45, 2.75) is 44.6 Å². The predicted molar refractivity (Wildman–Crippen MR) is 66.3 cm³/mol. The zero-order valence-electron chi connectivity index (χ0n) is 10.3. The summed E-state index contributed by atoms with van der Waals surface area (Å²) in [5, 5.41) is 0. The molecule has 0 spiro atoms. The van der Waals surface area contributed by atoms with Gasteiger partial charge in [0.05, 0.1) is 0 Å². The smallest absolute Gasteiger partial charge is 0.231 e. The van der Waals surface area contributed by atoms with Gasteiger partial charge in [-0.1, -0.05) is 25.3 Å². The second-order valence-electron chi connectivity index (χ2n) is 5.19. The van der Waals surface area contributed by atoms with Crippen LogP contribution in [-0.2, 0) is 5.54 Å². The average molecular weight is 233 g/mol. The van der Waals surface area contributed by atoms with Crippen LogP contribution >= 0.6 is 0 Å². The first-order valence-corrected chi connectivity index (χ1v) is 6.39. The van der Waals surface area contributed by atoms with Crippen molar-refractivity contribution >= 4 is 0 Å². The molecule has 17 heavy (non-hydrogen) atoms. The fourth-order valence-electron chi connectivity index (χ4n) is 3.10. The summed E-state index contributed by atoms with van der Waals surface area (Å²) >= 11 is 0. The molecule has 3 heteroatoms. The highest BCUT2D eigenvalue weighted by molar-refractivity contribution is 5.53. The van der Waals surface area contributed by atoms with Gasteiger partial charge in [-0.2, -0.15) is 0 Å². The van der Waals surface area contributed by atoms with Crippen LogP contribution in [0, 0.1) is 6.92 Å². The maximum absolute atomic E-state index is 6.58. The topological polar surface area (TPSA) is 44.5 Å². The highest BCUT2D eigenvalue weighted by atomic mass is 16.7. The Morgan fingerprint density at radius 1 is 1.12 bits per heavy atom. The molecular formula is C14H19NO2. The van der Waals surface area contributed by atoms with Gasteiger partial charge in [0.15, 0.2) is 11.5 Å². The molecule has 2 aliphatic rings. The van der Waals surface area contributed by atoms with Gasteiger partial charge in [-0.3, -0.25) is 0 Å². The third-order valence-corrected chi connectivity index (χ3v) is 4.07. The van der Waals surface area contributed by atoms with E-state index in [1.165, 1.54) is 24.8 Å². The lowest BCUT2D eigenvalue weighted by molar-refractivity contribution is 0.173. The summed E-state index contributed by atoms with van der Waals surface area (Å²) in [6.45, 7) is 2.42. The third-order valence-electron chi connectivity index (χ3n) is 4.07. The molecule has 1 aromatic rings. The van der Waals surface area contributed by atoms with E-state index < -0.39 is 0 Å². The van der Waals surface area contributed by atoms with Crippen LogP contribution in [0.5, 0.6) is 11.5 Å². The molecule has 1 aliphatic heterocycles. The predicted octanol–water partition coefficient (Wildman–Crippen LogP) is 2.84. The van der Waals surface area contributed by atoms with Crippen LogP contribution in [0.1, 0.15) is 43.2 Å². The maximum Gasteiger partial charge on any atom is 0.231 e. The first-order chi connectivity index (χ1) is 8.21. The standard InChI is InChI=1S/C14H19NO2/c1-10-11(14(15)7-3-2-4-8-14)5-6-12-13(10)17-9-16-12/h5-6H,2-4,7-9,15H2,1H3. The van der Waals surface area contributed by atoms with Crippen LogP contribution in [0.15, 0.2) is 12.1 Å². The van der Waals surface area contributed by atoms with E-state index in [0.717, 1.165) is 29.9 Å². The van der Waals surface area contributed by atoms with Gasteiger partial charge in [0, 0.05) is 11.1 Å². The van der Waals surface area contributed by atoms with Crippen LogP contribution < -0.4 is 15.2 Å². The molecule has 0 radical (unpaired) electrons. The number of ether oxygens (including phenoxy) is 2. The molecule has 92 valence electrons. The number of hydrogen-bond acceptors (Lipinski definition) is 3. The Morgan fingerprint density at radius 3 is 2.65 bits per heavy atom. The SMILES string of the molecule is Cc1c(C2(N)CCCCC2)ccc2c1OCO2. The lowest BCUT2D eigenvalue weighted by Crippen LogP contribution is -2.39. The van der Waals surface area contributed by atoms with Crippen molar-refractivity contribution in [2.75, 3.05) is 6.79 Å². The Hall–Kier alpha value is -1.22. The molecule has 1 heterocycles. The van der Waals surface area contributed by atoms with Gasteiger partial charge < -0.3 is 15.2 Å². The molecule has 3 nitrogen and oxygen atoms in total. The van der Waals surface area contributed by atoms with Gasteiger partial charge >= 0.3 is 0 Å². The first kappa shape index (κ1) is 10.9. The van der Waals surface area contributed by atoms with Crippen LogP contribution in [0.4, 0.5) is 0 Å². The summed E-state index contributed by atoms with van der Waals surface area (Å²) in [7, 11) is 0. The molecular weight excluding hydrogens is 214 g/mol. The number of benzene rings is 1. The van der Waals surface area contributed by atoms with Crippen molar-refractivity contribution in [1.29, 1.82) is 0 Å². The summed E-state index contributed by atoms with van der Waals surface area (Å²) < 4.78 is 10.9. The highest BCUT2D eigenvalue weighted by Gasteiger charge is 2.33. The molecule has 0 unspecified atom stereocenters. The van der Waals surface area contributed by atoms with Crippen molar-refractivity contribution in [3.63, 3.8) is 0 Å². The molecule has 1 aliphatic carbocycles. The molecule has 0 amide bonds. The monoisotopic (exact) mass is 233 g/mol. The van der Waals surface area contributed by atoms with Gasteiger partial charge in [-0.25, -0.2) is 0 Å². The normalized spacial score (nSPS) is 21.5. The summed E-state index contributed by atoms with van der Waals surface area (Å²) in [6.07, 6.45) is 5.91. The van der Waals surface area contributed by atoms with Crippen LogP contribution in [-0.4, -0.2) is 6.79 Å². The van der Waals surface area contributed by atoms with Crippen LogP contribution in [0.3, 0.4) is 0 Å². The molecule has 3 rings (SSSR count). The van der Waals surface area contributed by atoms with Gasteiger partial charge in [-0.15, -0.1) is 0 Å². The van der Waals surface area contributed by atoms with Crippen LogP contribution in [0.25, 0.3) is 0 Å². The van der Waals surface area contributed by atoms with E-state index in [4.69, 9.17) is 15.2 Å². The van der Waals surface area contributed by atoms with Crippen LogP contribution in [0.2, 0.25) is 0 Å². The second kappa shape index (κ2) is 3.91. The molecule has 0 aromatic heterocycles. The molecule has 1 saturated carbocycles. The van der Waals surface area contributed by atoms with E-state index in [1.807, 2.05) is 6.07 Å². The zero-order chi connectivity index (χ0) is 11.9. The van der Waals surface area contributed by atoms with Crippen molar-refractivity contribution < 1.29 is 9.47 Å². The summed E-state index contributed by atoms with van der Waals surface area (Å²) in [5.41, 5.74) is 8.81. The van der Waals surface area contributed by atoms with Gasteiger partial charge in [0.25, 0.3) is 0 Å². The molecule has 0 bridgehead atoms. The van der Waals surface area contributed by atoms with E-state index in [2.05, 4.69) is 13.0 Å². The largest absolute Gasteiger partial charge is 0.454 e. The average Bonchev–Trinajstić information content (AvgIpc) is 2.79. The second-order valence-corrected chi connectivity index (χ2v) is 5.19. The molecule has 0 saturated heterocycles. The lowest BCUT2D eigenvalue weighted by Gasteiger charge is -2.35. The van der Waals surface area contributed by atoms with E-state index in [9.17, 15) is 0 Å². The zero-order valence-corrected chi connectivity index (χ0v) is 10.3. The Bertz CT molecular complexity index is 436. The van der Waals surface area contributed by atoms with Crippen molar-refractivity contribution in [1.82, 2.24) is 0 Å². The van der Waals surface area contributed by atoms with Gasteiger partial charge in [0.2, 0.25) is 6.79 Å². The molecule has 1 aromatic carbocycles. The quantitative estimate of drug-likeness (QED) is 0.811. The summed E-state index contributed by atoms with van der Waals surface area (Å²) in [4.78, 5) is 0. The number of rotatable bonds is 1. The molecule has 1 fully saturated rings. The Labute approximate surface area is 102 Å². The van der Waals surface area contributed by atoms with Crippen molar-refractivity contribution in [3.05, 3.63) is 23.3 Å². The summed E-state index contributed by atoms with van der Waals surface area (Å²) in [6, 6.07) is 4.11. The minimum Gasteiger partial charge on any atom is -0.454 e. The van der Waals surface area contributed by atoms with E-state index >= 15 is 0 Å². The van der Waals surface area contributed by atoms with Crippen molar-refractivity contribution in [3.8, 4) is 11.5 Å².